The molecule has 2 heterocycles. The van der Waals surface area contributed by atoms with E-state index in [-0.39, 0.29) is 10.8 Å². The molecular formula is C24H38N4O3S. The standard InChI is InChI=1S/C24H38N4O3S/c1-26-15-17-27(18-16-26)23-11-10-21(32(30,31)28-13-5-2-6-14-28)19-22(23)25-24(29)12-9-20-7-3-4-8-20/h10-11,19-20H,2-9,12-18H2,1H3,(H,25,29). The molecule has 2 saturated heterocycles. The monoisotopic (exact) mass is 462 g/mol. The summed E-state index contributed by atoms with van der Waals surface area (Å²) in [5.74, 6) is 0.642. The van der Waals surface area contributed by atoms with Crippen LogP contribution < -0.4 is 10.2 Å². The minimum absolute atomic E-state index is 0.0141. The van der Waals surface area contributed by atoms with Crippen molar-refractivity contribution in [2.24, 2.45) is 5.92 Å². The van der Waals surface area contributed by atoms with Crippen LogP contribution in [-0.4, -0.2) is 69.8 Å². The number of nitrogens with one attached hydrogen (secondary N) is 1. The molecular weight excluding hydrogens is 424 g/mol. The van der Waals surface area contributed by atoms with Crippen molar-refractivity contribution in [3.05, 3.63) is 18.2 Å². The Bertz CT molecular complexity index is 885. The van der Waals surface area contributed by atoms with Gasteiger partial charge in [0.05, 0.1) is 16.3 Å². The Hall–Kier alpha value is -1.64. The number of sulfonamides is 1. The van der Waals surface area contributed by atoms with Crippen LogP contribution in [0, 0.1) is 5.92 Å². The Morgan fingerprint density at radius 1 is 0.969 bits per heavy atom. The maximum Gasteiger partial charge on any atom is 0.243 e. The van der Waals surface area contributed by atoms with Gasteiger partial charge in [-0.15, -0.1) is 0 Å². The molecule has 1 aromatic carbocycles. The number of rotatable bonds is 7. The summed E-state index contributed by atoms with van der Waals surface area (Å²) < 4.78 is 28.1. The van der Waals surface area contributed by atoms with Gasteiger partial charge in [-0.25, -0.2) is 8.42 Å². The van der Waals surface area contributed by atoms with Gasteiger partial charge >= 0.3 is 0 Å². The maximum absolute atomic E-state index is 13.2. The zero-order valence-electron chi connectivity index (χ0n) is 19.4. The van der Waals surface area contributed by atoms with Gasteiger partial charge in [0.15, 0.2) is 0 Å². The van der Waals surface area contributed by atoms with E-state index in [2.05, 4.69) is 22.2 Å². The van der Waals surface area contributed by atoms with Gasteiger partial charge in [0.1, 0.15) is 0 Å². The lowest BCUT2D eigenvalue weighted by Crippen LogP contribution is -2.44. The third-order valence-corrected chi connectivity index (χ3v) is 9.19. The van der Waals surface area contributed by atoms with E-state index in [1.54, 1.807) is 16.4 Å². The van der Waals surface area contributed by atoms with E-state index < -0.39 is 10.0 Å². The number of piperazine rings is 1. The molecule has 1 amide bonds. The minimum atomic E-state index is -3.55. The summed E-state index contributed by atoms with van der Waals surface area (Å²) in [5.41, 5.74) is 1.55. The molecule has 0 atom stereocenters. The van der Waals surface area contributed by atoms with Crippen LogP contribution in [0.15, 0.2) is 23.1 Å². The van der Waals surface area contributed by atoms with E-state index >= 15 is 0 Å². The van der Waals surface area contributed by atoms with Gasteiger partial charge < -0.3 is 15.1 Å². The van der Waals surface area contributed by atoms with E-state index in [0.717, 1.165) is 57.5 Å². The Balaban J connectivity index is 1.54. The molecule has 1 N–H and O–H groups in total. The van der Waals surface area contributed by atoms with Gasteiger partial charge in [-0.2, -0.15) is 4.31 Å². The van der Waals surface area contributed by atoms with Crippen LogP contribution >= 0.6 is 0 Å². The smallest absolute Gasteiger partial charge is 0.243 e. The molecule has 1 saturated carbocycles. The number of nitrogens with zero attached hydrogens (tertiary/aromatic N) is 3. The Morgan fingerprint density at radius 3 is 2.34 bits per heavy atom. The first-order chi connectivity index (χ1) is 15.4. The summed E-state index contributed by atoms with van der Waals surface area (Å²) in [4.78, 5) is 17.6. The third kappa shape index (κ3) is 5.64. The molecule has 178 valence electrons. The summed E-state index contributed by atoms with van der Waals surface area (Å²) >= 11 is 0. The topological polar surface area (TPSA) is 73.0 Å². The SMILES string of the molecule is CN1CCN(c2ccc(S(=O)(=O)N3CCCCC3)cc2NC(=O)CCC2CCCC2)CC1. The van der Waals surface area contributed by atoms with Crippen molar-refractivity contribution in [2.75, 3.05) is 56.5 Å². The summed E-state index contributed by atoms with van der Waals surface area (Å²) in [5, 5.41) is 3.08. The minimum Gasteiger partial charge on any atom is -0.367 e. The van der Waals surface area contributed by atoms with E-state index in [0.29, 0.717) is 31.1 Å². The third-order valence-electron chi connectivity index (χ3n) is 7.29. The number of carbonyl (C=O) groups is 1. The molecule has 32 heavy (non-hydrogen) atoms. The number of amides is 1. The van der Waals surface area contributed by atoms with E-state index in [1.165, 1.54) is 25.7 Å². The zero-order chi connectivity index (χ0) is 22.6. The maximum atomic E-state index is 13.2. The molecule has 1 aromatic rings. The van der Waals surface area contributed by atoms with Crippen molar-refractivity contribution >= 4 is 27.3 Å². The van der Waals surface area contributed by atoms with Gasteiger partial charge in [0, 0.05) is 45.7 Å². The molecule has 3 aliphatic rings. The van der Waals surface area contributed by atoms with Crippen molar-refractivity contribution in [1.82, 2.24) is 9.21 Å². The van der Waals surface area contributed by atoms with Crippen LogP contribution in [0.25, 0.3) is 0 Å². The first-order valence-corrected chi connectivity index (χ1v) is 13.7. The molecule has 3 fully saturated rings. The Kier molecular flexibility index (Phi) is 7.74. The lowest BCUT2D eigenvalue weighted by atomic mass is 10.0. The first kappa shape index (κ1) is 23.5. The van der Waals surface area contributed by atoms with Crippen LogP contribution in [0.1, 0.15) is 57.8 Å². The fraction of sp³-hybridized carbons (Fsp3) is 0.708. The van der Waals surface area contributed by atoms with Crippen molar-refractivity contribution in [1.29, 1.82) is 0 Å². The van der Waals surface area contributed by atoms with Gasteiger partial charge in [-0.3, -0.25) is 4.79 Å². The predicted molar refractivity (Wildman–Crippen MR) is 129 cm³/mol. The van der Waals surface area contributed by atoms with Crippen LogP contribution in [0.4, 0.5) is 11.4 Å². The molecule has 1 aliphatic carbocycles. The van der Waals surface area contributed by atoms with E-state index in [4.69, 9.17) is 0 Å². The summed E-state index contributed by atoms with van der Waals surface area (Å²) in [6.45, 7) is 4.77. The molecule has 7 nitrogen and oxygen atoms in total. The Labute approximate surface area is 193 Å². The lowest BCUT2D eigenvalue weighted by molar-refractivity contribution is -0.116. The fourth-order valence-electron chi connectivity index (χ4n) is 5.20. The molecule has 0 aromatic heterocycles. The number of hydrogen-bond acceptors (Lipinski definition) is 5. The molecule has 2 aliphatic heterocycles. The second kappa shape index (κ2) is 10.5. The second-order valence-corrected chi connectivity index (χ2v) is 11.6. The molecule has 0 bridgehead atoms. The van der Waals surface area contributed by atoms with E-state index in [9.17, 15) is 13.2 Å². The normalized spacial score (nSPS) is 21.7. The molecule has 8 heteroatoms. The largest absolute Gasteiger partial charge is 0.367 e. The summed E-state index contributed by atoms with van der Waals surface area (Å²) in [6.07, 6.45) is 9.31. The van der Waals surface area contributed by atoms with Crippen molar-refractivity contribution in [3.63, 3.8) is 0 Å². The number of carbonyl (C=O) groups excluding carboxylic acids is 1. The average molecular weight is 463 g/mol. The number of anilines is 2. The molecule has 0 spiro atoms. The molecule has 0 radical (unpaired) electrons. The quantitative estimate of drug-likeness (QED) is 0.671. The average Bonchev–Trinajstić information content (AvgIpc) is 3.33. The van der Waals surface area contributed by atoms with Gasteiger partial charge in [-0.1, -0.05) is 32.1 Å². The van der Waals surface area contributed by atoms with Gasteiger partial charge in [-0.05, 0) is 50.4 Å². The molecule has 0 unspecified atom stereocenters. The van der Waals surface area contributed by atoms with Crippen LogP contribution in [0.3, 0.4) is 0 Å². The summed E-state index contributed by atoms with van der Waals surface area (Å²) in [6, 6.07) is 5.28. The number of hydrogen-bond donors (Lipinski definition) is 1. The predicted octanol–water partition coefficient (Wildman–Crippen LogP) is 3.52. The highest BCUT2D eigenvalue weighted by atomic mass is 32.2. The number of likely N-dealkylation sites (N-methyl/N-ethyl adjacent to an activating group) is 1. The highest BCUT2D eigenvalue weighted by molar-refractivity contribution is 7.89. The fourth-order valence-corrected chi connectivity index (χ4v) is 6.74. The van der Waals surface area contributed by atoms with Crippen molar-refractivity contribution in [3.8, 4) is 0 Å². The number of piperidine rings is 1. The van der Waals surface area contributed by atoms with Crippen molar-refractivity contribution in [2.45, 2.75) is 62.7 Å². The number of benzene rings is 1. The van der Waals surface area contributed by atoms with Gasteiger partial charge in [0.2, 0.25) is 15.9 Å². The van der Waals surface area contributed by atoms with Crippen LogP contribution in [0.5, 0.6) is 0 Å². The van der Waals surface area contributed by atoms with Crippen molar-refractivity contribution < 1.29 is 13.2 Å². The second-order valence-electron chi connectivity index (χ2n) is 9.67. The highest BCUT2D eigenvalue weighted by Gasteiger charge is 2.28. The highest BCUT2D eigenvalue weighted by Crippen LogP contribution is 2.33. The summed E-state index contributed by atoms with van der Waals surface area (Å²) in [7, 11) is -1.44. The van der Waals surface area contributed by atoms with Crippen LogP contribution in [0.2, 0.25) is 0 Å². The molecule has 4 rings (SSSR count). The first-order valence-electron chi connectivity index (χ1n) is 12.3. The van der Waals surface area contributed by atoms with Crippen LogP contribution in [-0.2, 0) is 14.8 Å². The van der Waals surface area contributed by atoms with E-state index in [1.807, 2.05) is 6.07 Å². The Morgan fingerprint density at radius 2 is 1.66 bits per heavy atom. The van der Waals surface area contributed by atoms with Gasteiger partial charge in [0.25, 0.3) is 0 Å². The lowest BCUT2D eigenvalue weighted by Gasteiger charge is -2.35. The zero-order valence-corrected chi connectivity index (χ0v) is 20.2.